The highest BCUT2D eigenvalue weighted by molar-refractivity contribution is 8.01. The second-order valence-corrected chi connectivity index (χ2v) is 11.2. The minimum Gasteiger partial charge on any atom is -0.494 e. The predicted molar refractivity (Wildman–Crippen MR) is 141 cm³/mol. The first-order valence-corrected chi connectivity index (χ1v) is 13.2. The van der Waals surface area contributed by atoms with Gasteiger partial charge in [0, 0.05) is 22.7 Å². The molecule has 0 saturated carbocycles. The Morgan fingerprint density at radius 3 is 2.89 bits per heavy atom. The number of hydrogen-bond donors (Lipinski definition) is 2. The molecular formula is C25H18ClFN6O3S2. The Balaban J connectivity index is 1.36. The van der Waals surface area contributed by atoms with Gasteiger partial charge in [-0.25, -0.2) is 9.37 Å². The third-order valence-corrected chi connectivity index (χ3v) is 8.41. The molecule has 3 aromatic heterocycles. The molecule has 2 N–H and O–H groups in total. The number of aryl methyl sites for hydroxylation is 1. The highest BCUT2D eigenvalue weighted by Crippen LogP contribution is 2.43. The first-order valence-electron chi connectivity index (χ1n) is 11.2. The van der Waals surface area contributed by atoms with Gasteiger partial charge in [-0.15, -0.1) is 10.2 Å². The first kappa shape index (κ1) is 26.0. The lowest BCUT2D eigenvalue weighted by Gasteiger charge is -2.14. The summed E-state index contributed by atoms with van der Waals surface area (Å²) in [4.78, 5) is 21.2. The van der Waals surface area contributed by atoms with Crippen molar-refractivity contribution in [2.45, 2.75) is 29.0 Å². The smallest absolute Gasteiger partial charge is 0.259 e. The first-order chi connectivity index (χ1) is 18.3. The van der Waals surface area contributed by atoms with Gasteiger partial charge in [0.05, 0.1) is 42.2 Å². The molecule has 0 fully saturated rings. The Kier molecular flexibility index (Phi) is 7.27. The number of carbonyl (C=O) groups is 1. The fourth-order valence-electron chi connectivity index (χ4n) is 4.18. The number of halogens is 2. The zero-order valence-electron chi connectivity index (χ0n) is 19.9. The highest BCUT2D eigenvalue weighted by atomic mass is 35.5. The number of amides is 1. The van der Waals surface area contributed by atoms with E-state index in [1.54, 1.807) is 31.2 Å². The molecule has 13 heteroatoms. The van der Waals surface area contributed by atoms with Gasteiger partial charge in [-0.3, -0.25) is 15.1 Å². The van der Waals surface area contributed by atoms with E-state index in [2.05, 4.69) is 31.6 Å². The quantitative estimate of drug-likeness (QED) is 0.244. The van der Waals surface area contributed by atoms with Crippen LogP contribution in [0.5, 0.6) is 5.75 Å². The molecule has 4 aromatic rings. The molecule has 0 unspecified atom stereocenters. The largest absolute Gasteiger partial charge is 0.494 e. The van der Waals surface area contributed by atoms with E-state index < -0.39 is 17.8 Å². The van der Waals surface area contributed by atoms with Gasteiger partial charge in [0.15, 0.2) is 15.3 Å². The minimum atomic E-state index is -0.821. The molecule has 1 aromatic carbocycles. The number of hydrogen-bond acceptors (Lipinski definition) is 10. The summed E-state index contributed by atoms with van der Waals surface area (Å²) in [5.41, 5.74) is 3.11. The maximum Gasteiger partial charge on any atom is 0.259 e. The number of aliphatic hydroxyl groups excluding tert-OH is 1. The summed E-state index contributed by atoms with van der Waals surface area (Å²) < 4.78 is 20.8. The topological polar surface area (TPSA) is 134 Å². The van der Waals surface area contributed by atoms with E-state index in [1.807, 2.05) is 0 Å². The van der Waals surface area contributed by atoms with E-state index in [0.717, 1.165) is 22.5 Å². The summed E-state index contributed by atoms with van der Waals surface area (Å²) in [5.74, 6) is -1.29. The number of fused-ring (bicyclic) bond motifs is 1. The molecule has 192 valence electrons. The number of methoxy groups -OCH3 is 1. The number of nitriles is 1. The van der Waals surface area contributed by atoms with Crippen molar-refractivity contribution in [2.75, 3.05) is 12.4 Å². The Morgan fingerprint density at radius 2 is 2.13 bits per heavy atom. The van der Waals surface area contributed by atoms with E-state index in [0.29, 0.717) is 22.0 Å². The van der Waals surface area contributed by atoms with Crippen LogP contribution in [0.3, 0.4) is 0 Å². The molecule has 3 heterocycles. The van der Waals surface area contributed by atoms with Crippen LogP contribution in [0.2, 0.25) is 5.15 Å². The SMILES string of the molecule is COc1cnc(Cl)c(F)c1-c1cc(C)ncc1C(=O)Nc1nnc(S[C@H]2Cc3cc(C#N)ccc3[C@H]2O)s1. The van der Waals surface area contributed by atoms with Crippen LogP contribution in [0, 0.1) is 24.1 Å². The number of rotatable bonds is 6. The minimum absolute atomic E-state index is 0.00833. The number of nitrogens with one attached hydrogen (secondary N) is 1. The number of aliphatic hydroxyl groups is 1. The fourth-order valence-corrected chi connectivity index (χ4v) is 6.48. The van der Waals surface area contributed by atoms with Crippen molar-refractivity contribution < 1.29 is 19.0 Å². The van der Waals surface area contributed by atoms with E-state index in [9.17, 15) is 9.90 Å². The standard InChI is InChI=1S/C25H18ClFN6O3S2/c1-11-5-15(19-17(36-2)10-30-22(26)20(19)27)16(9-29-11)23(35)31-24-32-33-25(38-24)37-18-7-13-6-12(8-28)3-4-14(13)21(18)34/h3-6,9-10,18,21,34H,7H2,1-2H3,(H,31,32,35)/t18-,21+/m0/s1. The Labute approximate surface area is 229 Å². The van der Waals surface area contributed by atoms with Crippen LogP contribution < -0.4 is 10.1 Å². The maximum absolute atomic E-state index is 15.0. The van der Waals surface area contributed by atoms with Crippen molar-refractivity contribution in [2.24, 2.45) is 0 Å². The molecule has 2 atom stereocenters. The van der Waals surface area contributed by atoms with Crippen molar-refractivity contribution >= 4 is 45.7 Å². The summed E-state index contributed by atoms with van der Waals surface area (Å²) in [5, 5.41) is 30.4. The number of thioether (sulfide) groups is 1. The summed E-state index contributed by atoms with van der Waals surface area (Å²) >= 11 is 8.40. The summed E-state index contributed by atoms with van der Waals surface area (Å²) in [6.45, 7) is 1.71. The number of anilines is 1. The van der Waals surface area contributed by atoms with Crippen molar-refractivity contribution in [3.05, 3.63) is 75.6 Å². The van der Waals surface area contributed by atoms with Gasteiger partial charge in [-0.2, -0.15) is 5.26 Å². The van der Waals surface area contributed by atoms with Crippen LogP contribution in [-0.2, 0) is 6.42 Å². The van der Waals surface area contributed by atoms with Gasteiger partial charge >= 0.3 is 0 Å². The van der Waals surface area contributed by atoms with Gasteiger partial charge in [-0.1, -0.05) is 40.8 Å². The van der Waals surface area contributed by atoms with Crippen molar-refractivity contribution in [3.63, 3.8) is 0 Å². The third kappa shape index (κ3) is 4.93. The molecule has 1 aliphatic rings. The maximum atomic E-state index is 15.0. The molecule has 38 heavy (non-hydrogen) atoms. The molecule has 0 spiro atoms. The second-order valence-electron chi connectivity index (χ2n) is 8.34. The van der Waals surface area contributed by atoms with Gasteiger partial charge < -0.3 is 9.84 Å². The average molecular weight is 569 g/mol. The molecule has 9 nitrogen and oxygen atoms in total. The zero-order chi connectivity index (χ0) is 27.0. The summed E-state index contributed by atoms with van der Waals surface area (Å²) in [6, 6.07) is 8.91. The molecule has 1 amide bonds. The summed E-state index contributed by atoms with van der Waals surface area (Å²) in [7, 11) is 1.37. The lowest BCUT2D eigenvalue weighted by Crippen LogP contribution is -2.14. The van der Waals surface area contributed by atoms with Crippen molar-refractivity contribution in [1.82, 2.24) is 20.2 Å². The molecule has 0 bridgehead atoms. The average Bonchev–Trinajstić information content (AvgIpc) is 3.48. The Hall–Kier alpha value is -3.63. The normalized spacial score (nSPS) is 16.1. The molecule has 0 saturated heterocycles. The number of carbonyl (C=O) groups excluding carboxylic acids is 1. The molecule has 1 aliphatic carbocycles. The fraction of sp³-hybridized carbons (Fsp3) is 0.200. The molecule has 0 radical (unpaired) electrons. The lowest BCUT2D eigenvalue weighted by atomic mass is 10.00. The third-order valence-electron chi connectivity index (χ3n) is 5.96. The predicted octanol–water partition coefficient (Wildman–Crippen LogP) is 4.98. The zero-order valence-corrected chi connectivity index (χ0v) is 22.3. The van der Waals surface area contributed by atoms with Crippen molar-refractivity contribution in [1.29, 1.82) is 5.26 Å². The van der Waals surface area contributed by atoms with Gasteiger partial charge in [0.1, 0.15) is 5.75 Å². The monoisotopic (exact) mass is 568 g/mol. The second kappa shape index (κ2) is 10.6. The van der Waals surface area contributed by atoms with Crippen LogP contribution in [0.25, 0.3) is 11.1 Å². The lowest BCUT2D eigenvalue weighted by molar-refractivity contribution is 0.102. The molecular weight excluding hydrogens is 551 g/mol. The van der Waals surface area contributed by atoms with Crippen LogP contribution >= 0.6 is 34.7 Å². The van der Waals surface area contributed by atoms with E-state index in [4.69, 9.17) is 21.6 Å². The number of ether oxygens (including phenoxy) is 1. The Morgan fingerprint density at radius 1 is 1.32 bits per heavy atom. The van der Waals surface area contributed by atoms with Crippen LogP contribution in [0.4, 0.5) is 9.52 Å². The summed E-state index contributed by atoms with van der Waals surface area (Å²) in [6.07, 6.45) is 2.47. The number of nitrogens with zero attached hydrogens (tertiary/aromatic N) is 5. The van der Waals surface area contributed by atoms with Gasteiger partial charge in [0.2, 0.25) is 5.13 Å². The van der Waals surface area contributed by atoms with Crippen molar-refractivity contribution in [3.8, 4) is 22.9 Å². The van der Waals surface area contributed by atoms with Gasteiger partial charge in [0.25, 0.3) is 5.91 Å². The van der Waals surface area contributed by atoms with E-state index >= 15 is 4.39 Å². The molecule has 0 aliphatic heterocycles. The number of pyridine rings is 2. The van der Waals surface area contributed by atoms with E-state index in [1.165, 1.54) is 31.3 Å². The van der Waals surface area contributed by atoms with Crippen LogP contribution in [0.1, 0.15) is 38.8 Å². The van der Waals surface area contributed by atoms with E-state index in [-0.39, 0.29) is 38.0 Å². The highest BCUT2D eigenvalue weighted by Gasteiger charge is 2.33. The number of aromatic nitrogens is 4. The van der Waals surface area contributed by atoms with Crippen LogP contribution in [0.15, 0.2) is 41.0 Å². The van der Waals surface area contributed by atoms with Gasteiger partial charge in [-0.05, 0) is 42.7 Å². The number of benzene rings is 1. The van der Waals surface area contributed by atoms with Crippen LogP contribution in [-0.4, -0.2) is 43.5 Å². The Bertz CT molecular complexity index is 1610. The molecule has 5 rings (SSSR count).